The Balaban J connectivity index is 0.000000242. The van der Waals surface area contributed by atoms with Gasteiger partial charge in [-0.1, -0.05) is 155 Å². The number of hydrogen-bond donors (Lipinski definition) is 0. The summed E-state index contributed by atoms with van der Waals surface area (Å²) < 4.78 is 217. The van der Waals surface area contributed by atoms with Crippen LogP contribution >= 0.6 is 0 Å². The van der Waals surface area contributed by atoms with Crippen molar-refractivity contribution in [3.05, 3.63) is 239 Å². The van der Waals surface area contributed by atoms with Gasteiger partial charge < -0.3 is 23.4 Å². The first-order valence-corrected chi connectivity index (χ1v) is 27.3. The van der Waals surface area contributed by atoms with E-state index in [2.05, 4.69) is 108 Å². The fourth-order valence-electron chi connectivity index (χ4n) is 10.5. The van der Waals surface area contributed by atoms with Crippen LogP contribution in [0.1, 0.15) is 77.3 Å². The van der Waals surface area contributed by atoms with Crippen molar-refractivity contribution in [2.45, 2.75) is 80.1 Å². The number of halogens is 15. The molecule has 0 aliphatic rings. The number of rotatable bonds is 15. The van der Waals surface area contributed by atoms with Gasteiger partial charge in [0.1, 0.15) is 34.9 Å². The fourth-order valence-corrected chi connectivity index (χ4v) is 10.5. The molecule has 10 rings (SSSR count). The van der Waals surface area contributed by atoms with Crippen LogP contribution in [0.5, 0.6) is 0 Å². The zero-order valence-corrected chi connectivity index (χ0v) is 49.5. The maximum atomic E-state index is 14.4. The first-order valence-electron chi connectivity index (χ1n) is 27.3. The fraction of sp³-hybridized carbons (Fsp3) is 0.203. The van der Waals surface area contributed by atoms with E-state index in [1.165, 1.54) is 49.7 Å². The van der Waals surface area contributed by atoms with Gasteiger partial charge in [-0.15, -0.1) is 16.4 Å². The van der Waals surface area contributed by atoms with Crippen LogP contribution in [0, 0.1) is 101 Å². The molecule has 0 aliphatic heterocycles. The quantitative estimate of drug-likeness (QED) is 0.0442. The maximum Gasteiger partial charge on any atom is 3.00 e. The molecule has 0 unspecified atom stereocenters. The summed E-state index contributed by atoms with van der Waals surface area (Å²) in [4.78, 5) is 5.55. The van der Waals surface area contributed by atoms with Gasteiger partial charge in [-0.05, 0) is 62.9 Å². The Bertz CT molecular complexity index is 3410. The van der Waals surface area contributed by atoms with Gasteiger partial charge in [-0.3, -0.25) is 0 Å². The van der Waals surface area contributed by atoms with Crippen LogP contribution in [-0.4, -0.2) is 63.3 Å². The molecule has 0 atom stereocenters. The molecule has 28 heteroatoms. The molecular weight excluding hydrogens is 1200 g/mol. The minimum atomic E-state index is -5.16. The van der Waals surface area contributed by atoms with Gasteiger partial charge in [0.25, 0.3) is 12.8 Å². The molecule has 5 heterocycles. The summed E-state index contributed by atoms with van der Waals surface area (Å²) in [6, 6.07) is 31.0. The molecule has 0 spiro atoms. The Kier molecular flexibility index (Phi) is 23.3. The van der Waals surface area contributed by atoms with Crippen molar-refractivity contribution in [1.82, 2.24) is 43.7 Å². The van der Waals surface area contributed by atoms with Crippen LogP contribution in [0.25, 0.3) is 0 Å². The van der Waals surface area contributed by atoms with E-state index in [1.807, 2.05) is 67.4 Å². The van der Waals surface area contributed by atoms with Crippen molar-refractivity contribution in [2.24, 2.45) is 0 Å². The predicted octanol–water partition coefficient (Wildman–Crippen LogP) is 10.2. The van der Waals surface area contributed by atoms with Gasteiger partial charge >= 0.3 is 25.8 Å². The van der Waals surface area contributed by atoms with Crippen LogP contribution < -0.4 is 38.5 Å². The summed E-state index contributed by atoms with van der Waals surface area (Å²) in [6.07, 6.45) is 19.3. The van der Waals surface area contributed by atoms with Crippen molar-refractivity contribution >= 4 is 58.0 Å². The molecule has 0 aliphatic carbocycles. The van der Waals surface area contributed by atoms with Crippen molar-refractivity contribution < 1.29 is 91.7 Å². The van der Waals surface area contributed by atoms with Crippen LogP contribution in [0.2, 0.25) is 0 Å². The molecule has 452 valence electrons. The molecular formula is C59H54B3F15N9Sc. The van der Waals surface area contributed by atoms with Crippen molar-refractivity contribution in [1.29, 1.82) is 0 Å². The average molecular weight is 1250 g/mol. The monoisotopic (exact) mass is 1250 g/mol. The summed E-state index contributed by atoms with van der Waals surface area (Å²) in [7, 11) is 0. The second-order valence-corrected chi connectivity index (χ2v) is 20.2. The summed E-state index contributed by atoms with van der Waals surface area (Å²) in [5.74, 6) is -44.8. The summed E-state index contributed by atoms with van der Waals surface area (Å²) in [5.41, 5.74) is -1.76. The van der Waals surface area contributed by atoms with Gasteiger partial charge in [-0.2, -0.15) is 10.9 Å². The van der Waals surface area contributed by atoms with E-state index in [1.54, 1.807) is 24.8 Å². The zero-order valence-electron chi connectivity index (χ0n) is 47.7. The Morgan fingerprint density at radius 3 is 0.759 bits per heavy atom. The molecule has 0 N–H and O–H groups in total. The van der Waals surface area contributed by atoms with Gasteiger partial charge in [-0.25, -0.2) is 86.3 Å². The molecule has 0 radical (unpaired) electrons. The molecule has 0 saturated heterocycles. The van der Waals surface area contributed by atoms with Gasteiger partial charge in [0.15, 0.2) is 52.4 Å². The van der Waals surface area contributed by atoms with E-state index in [9.17, 15) is 65.9 Å². The van der Waals surface area contributed by atoms with E-state index < -0.39 is 123 Å². The number of pyridine rings is 1. The van der Waals surface area contributed by atoms with Crippen molar-refractivity contribution in [3.63, 3.8) is 0 Å². The molecule has 10 aromatic rings. The normalized spacial score (nSPS) is 11.3. The first-order chi connectivity index (χ1) is 41.1. The molecule has 5 aromatic heterocycles. The molecule has 5 aromatic carbocycles. The molecule has 9 nitrogen and oxygen atoms in total. The van der Waals surface area contributed by atoms with Crippen LogP contribution in [0.3, 0.4) is 0 Å². The number of aromatic nitrogens is 9. The van der Waals surface area contributed by atoms with Gasteiger partial charge in [0.2, 0.25) is 0 Å². The Hall–Kier alpha value is -7.90. The third-order valence-electron chi connectivity index (χ3n) is 14.7. The second kappa shape index (κ2) is 29.7. The molecule has 0 amide bonds. The van der Waals surface area contributed by atoms with E-state index in [4.69, 9.17) is 25.4 Å². The summed E-state index contributed by atoms with van der Waals surface area (Å²) >= 11 is 0. The third kappa shape index (κ3) is 13.1. The number of aryl methyl sites for hydroxylation is 2. The van der Waals surface area contributed by atoms with Gasteiger partial charge in [0, 0.05) is 24.8 Å². The smallest absolute Gasteiger partial charge is 0.412 e. The van der Waals surface area contributed by atoms with Crippen LogP contribution in [0.4, 0.5) is 65.9 Å². The minimum Gasteiger partial charge on any atom is -0.412 e. The number of benzene rings is 5. The first kappa shape index (κ1) is 68.2. The van der Waals surface area contributed by atoms with E-state index >= 15 is 0 Å². The van der Waals surface area contributed by atoms with Crippen molar-refractivity contribution in [3.8, 4) is 0 Å². The molecule has 0 bridgehead atoms. The predicted molar refractivity (Wildman–Crippen MR) is 302 cm³/mol. The number of unbranched alkanes of at least 4 members (excludes halogenated alkanes) is 4. The van der Waals surface area contributed by atoms with Crippen LogP contribution in [0.15, 0.2) is 141 Å². The summed E-state index contributed by atoms with van der Waals surface area (Å²) in [5, 5.41) is 19.2. The van der Waals surface area contributed by atoms with E-state index in [-0.39, 0.29) is 25.8 Å². The Labute approximate surface area is 510 Å². The molecule has 0 fully saturated rings. The Morgan fingerprint density at radius 1 is 0.333 bits per heavy atom. The average Bonchev–Trinajstić information content (AvgIpc) is 1.73. The maximum absolute atomic E-state index is 14.4. The molecule has 87 heavy (non-hydrogen) atoms. The topological polar surface area (TPSA) is 84.2 Å². The largest absolute Gasteiger partial charge is 3.00 e. The zero-order chi connectivity index (χ0) is 62.8. The number of hydrogen-bond acceptors (Lipinski definition) is 5. The molecule has 0 saturated carbocycles. The van der Waals surface area contributed by atoms with Crippen LogP contribution in [-0.2, 0) is 25.8 Å². The summed E-state index contributed by atoms with van der Waals surface area (Å²) in [6.45, 7) is 7.86. The minimum absolute atomic E-state index is 0. The van der Waals surface area contributed by atoms with Gasteiger partial charge in [0.05, 0.1) is 6.71 Å². The number of nitrogens with zero attached hydrogens (tertiary/aromatic N) is 9. The second-order valence-electron chi connectivity index (χ2n) is 20.2. The third-order valence-corrected chi connectivity index (χ3v) is 14.7. The Morgan fingerprint density at radius 2 is 0.563 bits per heavy atom. The van der Waals surface area contributed by atoms with E-state index in [0.29, 0.717) is 0 Å². The van der Waals surface area contributed by atoms with Crippen molar-refractivity contribution in [2.75, 3.05) is 0 Å². The standard InChI is InChI=1S/C31H29B2N9.C18HBF15.2C5H12.Sc/c1-26-10-14-28(15-11-26)32(39-22-4-18-34-39,40-23-5-19-35-40)30-8-3-9-31(38-30)33(41-24-6-20-36-41,42-25-7-21-37-42)29-16-12-27(2)13-17-29;20-4-1(5(21)11(27)16(32)10(4)26)19(2-6(22)12(28)17(33)13(29)7(2)23)3-8(24)14(30)18(34)15(31)9(3)25;2*1-3-5-4-2;/h3-25H,1-2H3;19H;2*3-5H2,1-2H3;/q-2;-1;;;+3. The SMILES string of the molecule is CCCCC.CCCCC.Cc1ccc([B-](c2cccc([B-](c3ccc(C)cc3)(n3cccn3)n3cccn3)n2)(n2cccn2)n2cccn2)cc1.Fc1c(F)c(F)c([BH-](c2c(F)c(F)c(F)c(F)c2F)c2c(F)c(F)c(F)c(F)c2F)c(F)c1F.[Sc+3]. The van der Waals surface area contributed by atoms with E-state index in [0.717, 1.165) is 22.1 Å².